The molecule has 2 unspecified atom stereocenters. The molecular formula is C50H73Cl3N6O10. The summed E-state index contributed by atoms with van der Waals surface area (Å²) in [4.78, 5) is 97.7. The molecule has 0 saturated carbocycles. The van der Waals surface area contributed by atoms with E-state index in [2.05, 4.69) is 26.6 Å². The second-order valence-electron chi connectivity index (χ2n) is 20.0. The third-order valence-corrected chi connectivity index (χ3v) is 11.0. The lowest BCUT2D eigenvalue weighted by Gasteiger charge is -2.28. The highest BCUT2D eigenvalue weighted by molar-refractivity contribution is 6.63. The monoisotopic (exact) mass is 1020 g/mol. The molecule has 2 heterocycles. The Bertz CT molecular complexity index is 2100. The van der Waals surface area contributed by atoms with Crippen LogP contribution in [0.15, 0.2) is 36.4 Å². The molecule has 2 aromatic carbocycles. The number of nitrogens with one attached hydrogen (secondary N) is 5. The summed E-state index contributed by atoms with van der Waals surface area (Å²) < 4.78 is 10.6. The van der Waals surface area contributed by atoms with Crippen molar-refractivity contribution in [2.45, 2.75) is 157 Å². The Morgan fingerprint density at radius 1 is 0.681 bits per heavy atom. The molecule has 0 bridgehead atoms. The smallest absolute Gasteiger partial charge is 0.408 e. The van der Waals surface area contributed by atoms with Gasteiger partial charge in [0.1, 0.15) is 11.2 Å². The summed E-state index contributed by atoms with van der Waals surface area (Å²) >= 11 is 15.8. The van der Waals surface area contributed by atoms with Crippen LogP contribution in [0.4, 0.5) is 32.3 Å². The van der Waals surface area contributed by atoms with E-state index < -0.39 is 47.3 Å². The van der Waals surface area contributed by atoms with Crippen molar-refractivity contribution in [2.24, 2.45) is 23.7 Å². The van der Waals surface area contributed by atoms with Gasteiger partial charge in [-0.3, -0.25) is 28.8 Å². The Morgan fingerprint density at radius 3 is 1.51 bits per heavy atom. The van der Waals surface area contributed by atoms with Crippen molar-refractivity contribution in [3.63, 3.8) is 0 Å². The van der Waals surface area contributed by atoms with Crippen molar-refractivity contribution in [1.29, 1.82) is 0 Å². The molecule has 16 nitrogen and oxygen atoms in total. The van der Waals surface area contributed by atoms with E-state index in [4.69, 9.17) is 50.0 Å². The van der Waals surface area contributed by atoms with Crippen LogP contribution in [0.3, 0.4) is 0 Å². The summed E-state index contributed by atoms with van der Waals surface area (Å²) in [5.41, 5.74) is 8.56. The predicted molar refractivity (Wildman–Crippen MR) is 273 cm³/mol. The molecule has 0 aliphatic carbocycles. The van der Waals surface area contributed by atoms with Crippen LogP contribution in [0.5, 0.6) is 0 Å². The predicted octanol–water partition coefficient (Wildman–Crippen LogP) is 9.70. The van der Waals surface area contributed by atoms with Crippen LogP contribution >= 0.6 is 34.8 Å². The Balaban J connectivity index is 0.000000421. The van der Waals surface area contributed by atoms with Crippen molar-refractivity contribution in [3.8, 4) is 0 Å². The lowest BCUT2D eigenvalue weighted by atomic mass is 9.86. The number of rotatable bonds is 19. The number of halogens is 3. The van der Waals surface area contributed by atoms with Gasteiger partial charge in [0, 0.05) is 49.3 Å². The molecule has 0 aromatic heterocycles. The quantitative estimate of drug-likeness (QED) is 0.0440. The normalized spacial score (nSPS) is 16.0. The van der Waals surface area contributed by atoms with Gasteiger partial charge in [0.15, 0.2) is 11.6 Å². The zero-order chi connectivity index (χ0) is 52.2. The second-order valence-corrected chi connectivity index (χ2v) is 21.2. The van der Waals surface area contributed by atoms with Gasteiger partial charge in [-0.05, 0) is 127 Å². The zero-order valence-electron chi connectivity index (χ0n) is 41.7. The minimum absolute atomic E-state index is 0.00916. The molecule has 0 saturated heterocycles. The number of carbonyl (C=O) groups is 8. The van der Waals surface area contributed by atoms with Gasteiger partial charge in [-0.2, -0.15) is 0 Å². The molecule has 69 heavy (non-hydrogen) atoms. The molecule has 0 radical (unpaired) electrons. The number of para-hydroxylation sites is 2. The van der Waals surface area contributed by atoms with Gasteiger partial charge in [-0.1, -0.05) is 52.0 Å². The number of alkyl carbamates (subject to hydrolysis) is 2. The fourth-order valence-corrected chi connectivity index (χ4v) is 7.66. The van der Waals surface area contributed by atoms with Crippen molar-refractivity contribution in [2.75, 3.05) is 33.4 Å². The SMILES string of the molecule is CC(C)C[C@@H](NC(=O)OC(C)(C)C)C(=O)CC1Cc2cccc(N)c2NC1=O.CC(C)C[C@@H](NC(=O)OC(C)(C)C)C(=O)CC1Cc2cccc(NC(=O)CCCCl)c2NC1=O.O=C(Cl)CCCCl. The minimum atomic E-state index is -0.739. The molecule has 4 atom stereocenters. The first-order chi connectivity index (χ1) is 32.1. The lowest BCUT2D eigenvalue weighted by molar-refractivity contribution is -0.127. The maximum atomic E-state index is 13.1. The van der Waals surface area contributed by atoms with Crippen LogP contribution in [0.25, 0.3) is 0 Å². The molecule has 384 valence electrons. The standard InChI is InChI=1S/C25H36ClN3O5.C21H31N3O4.C4H6Cl2O/c1-15(2)12-19(28-24(33)34-25(3,4)5)20(30)14-17-13-16-8-6-9-18(22(16)29-23(17)32)27-21(31)10-7-11-26;1-12(2)9-16(23-20(27)28-21(3,4)5)17(25)11-14-10-13-7-6-8-15(22)18(13)24-19(14)26;5-3-1-2-4(6)7/h6,8-9,15,17,19H,7,10-14H2,1-5H3,(H,27,31)(H,28,33)(H,29,32);6-8,12,14,16H,9-11,22H2,1-5H3,(H,23,27)(H,24,26);1-3H2/t17?,19-;14?,16-;/m11./s1. The number of hydrogen-bond acceptors (Lipinski definition) is 11. The number of ketones is 2. The molecule has 2 aliphatic heterocycles. The summed E-state index contributed by atoms with van der Waals surface area (Å²) in [5, 5.41) is 13.5. The average molecular weight is 1020 g/mol. The number of Topliss-reactive ketones (excluding diaryl/α,β-unsaturated/α-hetero) is 2. The maximum Gasteiger partial charge on any atom is 0.408 e. The molecule has 0 spiro atoms. The van der Waals surface area contributed by atoms with E-state index >= 15 is 0 Å². The third-order valence-electron chi connectivity index (χ3n) is 10.3. The number of nitrogens with two attached hydrogens (primary N) is 1. The number of anilines is 4. The van der Waals surface area contributed by atoms with Crippen LogP contribution in [0, 0.1) is 23.7 Å². The van der Waals surface area contributed by atoms with Gasteiger partial charge in [0.2, 0.25) is 23.0 Å². The zero-order valence-corrected chi connectivity index (χ0v) is 44.0. The number of nitrogen functional groups attached to an aromatic ring is 1. The minimum Gasteiger partial charge on any atom is -0.444 e. The van der Waals surface area contributed by atoms with Crippen molar-refractivity contribution >= 4 is 104 Å². The topological polar surface area (TPSA) is 241 Å². The molecule has 2 aliphatic rings. The van der Waals surface area contributed by atoms with Gasteiger partial charge < -0.3 is 41.8 Å². The maximum absolute atomic E-state index is 13.1. The summed E-state index contributed by atoms with van der Waals surface area (Å²) in [6.45, 7) is 18.4. The number of fused-ring (bicyclic) bond motifs is 2. The van der Waals surface area contributed by atoms with Gasteiger partial charge in [0.05, 0.1) is 34.8 Å². The molecule has 4 rings (SSSR count). The Hall–Kier alpha value is -4.93. The van der Waals surface area contributed by atoms with E-state index in [0.717, 1.165) is 11.1 Å². The van der Waals surface area contributed by atoms with Crippen LogP contribution in [0.2, 0.25) is 0 Å². The summed E-state index contributed by atoms with van der Waals surface area (Å²) in [7, 11) is 0. The van der Waals surface area contributed by atoms with E-state index in [0.29, 0.717) is 85.9 Å². The lowest BCUT2D eigenvalue weighted by Crippen LogP contribution is -2.45. The molecule has 19 heteroatoms. The number of benzene rings is 2. The van der Waals surface area contributed by atoms with Crippen LogP contribution in [-0.4, -0.2) is 81.8 Å². The Kier molecular flexibility index (Phi) is 25.0. The first kappa shape index (κ1) is 60.2. The highest BCUT2D eigenvalue weighted by atomic mass is 35.5. The fourth-order valence-electron chi connectivity index (χ4n) is 7.26. The van der Waals surface area contributed by atoms with Crippen LogP contribution in [-0.2, 0) is 51.1 Å². The van der Waals surface area contributed by atoms with Crippen molar-refractivity contribution in [3.05, 3.63) is 47.5 Å². The van der Waals surface area contributed by atoms with Crippen molar-refractivity contribution < 1.29 is 47.8 Å². The van der Waals surface area contributed by atoms with Crippen LogP contribution < -0.4 is 32.3 Å². The number of carbonyl (C=O) groups excluding carboxylic acids is 8. The van der Waals surface area contributed by atoms with Gasteiger partial charge in [0.25, 0.3) is 0 Å². The molecule has 0 fully saturated rings. The van der Waals surface area contributed by atoms with Gasteiger partial charge in [-0.15, -0.1) is 23.2 Å². The Labute approximate surface area is 422 Å². The fraction of sp³-hybridized carbons (Fsp3) is 0.600. The number of hydrogen-bond donors (Lipinski definition) is 6. The molecule has 7 N–H and O–H groups in total. The van der Waals surface area contributed by atoms with E-state index in [1.54, 1.807) is 59.7 Å². The first-order valence-electron chi connectivity index (χ1n) is 23.4. The Morgan fingerprint density at radius 2 is 1.10 bits per heavy atom. The summed E-state index contributed by atoms with van der Waals surface area (Å²) in [5.74, 6) is -0.867. The van der Waals surface area contributed by atoms with E-state index in [1.165, 1.54) is 0 Å². The highest BCUT2D eigenvalue weighted by Gasteiger charge is 2.35. The number of amides is 5. The summed E-state index contributed by atoms with van der Waals surface area (Å²) in [6, 6.07) is 9.43. The van der Waals surface area contributed by atoms with Crippen LogP contribution in [0.1, 0.15) is 132 Å². The van der Waals surface area contributed by atoms with E-state index in [-0.39, 0.29) is 59.2 Å². The van der Waals surface area contributed by atoms with Gasteiger partial charge >= 0.3 is 12.2 Å². The second kappa shape index (κ2) is 28.7. The molecule has 5 amide bonds. The molecular weight excluding hydrogens is 951 g/mol. The highest BCUT2D eigenvalue weighted by Crippen LogP contribution is 2.35. The third kappa shape index (κ3) is 23.0. The summed E-state index contributed by atoms with van der Waals surface area (Å²) in [6.07, 6.45) is 2.42. The average Bonchev–Trinajstić information content (AvgIpc) is 3.21. The first-order valence-corrected chi connectivity index (χ1v) is 24.8. The van der Waals surface area contributed by atoms with E-state index in [1.807, 2.05) is 45.9 Å². The largest absolute Gasteiger partial charge is 0.444 e. The molecule has 2 aromatic rings. The number of ether oxygens (including phenoxy) is 2. The number of alkyl halides is 2. The van der Waals surface area contributed by atoms with Gasteiger partial charge in [-0.25, -0.2) is 9.59 Å². The van der Waals surface area contributed by atoms with Crippen molar-refractivity contribution in [1.82, 2.24) is 10.6 Å². The van der Waals surface area contributed by atoms with E-state index in [9.17, 15) is 38.4 Å².